The summed E-state index contributed by atoms with van der Waals surface area (Å²) in [7, 11) is 0. The molecule has 10 heteroatoms. The van der Waals surface area contributed by atoms with Crippen molar-refractivity contribution in [3.05, 3.63) is 39.7 Å². The van der Waals surface area contributed by atoms with Crippen molar-refractivity contribution in [2.24, 2.45) is 0 Å². The fraction of sp³-hybridized carbons (Fsp3) is 0.273. The summed E-state index contributed by atoms with van der Waals surface area (Å²) in [4.78, 5) is 28.7. The minimum atomic E-state index is -1.39. The van der Waals surface area contributed by atoms with Gasteiger partial charge >= 0.3 is 11.7 Å². The molecule has 21 heavy (non-hydrogen) atoms. The molecule has 0 aliphatic rings. The Kier molecular flexibility index (Phi) is 4.07. The number of carboxylic acids is 1. The quantitative estimate of drug-likeness (QED) is 0.589. The second-order valence-electron chi connectivity index (χ2n) is 4.06. The van der Waals surface area contributed by atoms with Crippen molar-refractivity contribution in [2.75, 3.05) is 11.9 Å². The molecule has 0 saturated carbocycles. The van der Waals surface area contributed by atoms with E-state index in [1.807, 2.05) is 0 Å². The summed E-state index contributed by atoms with van der Waals surface area (Å²) in [6.45, 7) is 2.06. The molecule has 0 bridgehead atoms. The molecule has 0 fully saturated rings. The van der Waals surface area contributed by atoms with Crippen molar-refractivity contribution < 1.29 is 19.3 Å². The molecular weight excluding hydrogens is 282 g/mol. The van der Waals surface area contributed by atoms with Gasteiger partial charge < -0.3 is 14.9 Å². The van der Waals surface area contributed by atoms with Crippen LogP contribution in [0.3, 0.4) is 0 Å². The first-order valence-corrected chi connectivity index (χ1v) is 5.88. The number of aromatic nitrogens is 3. The Morgan fingerprint density at radius 1 is 1.57 bits per heavy atom. The first-order chi connectivity index (χ1) is 9.97. The van der Waals surface area contributed by atoms with E-state index >= 15 is 0 Å². The maximum atomic E-state index is 11.0. The van der Waals surface area contributed by atoms with E-state index in [1.165, 1.54) is 0 Å². The molecule has 0 radical (unpaired) electrons. The number of carbonyl (C=O) groups is 1. The average Bonchev–Trinajstić information content (AvgIpc) is 2.84. The molecule has 0 amide bonds. The monoisotopic (exact) mass is 293 g/mol. The number of aromatic carboxylic acids is 1. The van der Waals surface area contributed by atoms with E-state index < -0.39 is 22.1 Å². The number of nitrogens with zero attached hydrogens (tertiary/aromatic N) is 4. The highest BCUT2D eigenvalue weighted by atomic mass is 16.6. The molecule has 0 spiro atoms. The number of aryl methyl sites for hydroxylation is 1. The molecule has 2 N–H and O–H groups in total. The van der Waals surface area contributed by atoms with Gasteiger partial charge in [-0.25, -0.2) is 9.78 Å². The summed E-state index contributed by atoms with van der Waals surface area (Å²) in [6.07, 6.45) is 1.32. The maximum absolute atomic E-state index is 11.0. The van der Waals surface area contributed by atoms with Crippen LogP contribution in [0.1, 0.15) is 22.1 Å². The van der Waals surface area contributed by atoms with Crippen LogP contribution in [0.25, 0.3) is 0 Å². The highest BCUT2D eigenvalue weighted by Crippen LogP contribution is 2.20. The first-order valence-electron chi connectivity index (χ1n) is 5.88. The molecule has 2 heterocycles. The van der Waals surface area contributed by atoms with Crippen LogP contribution in [0.2, 0.25) is 0 Å². The topological polar surface area (TPSA) is 144 Å². The van der Waals surface area contributed by atoms with E-state index in [9.17, 15) is 14.9 Å². The number of pyridine rings is 1. The predicted octanol–water partition coefficient (Wildman–Crippen LogP) is 1.03. The van der Waals surface area contributed by atoms with Crippen LogP contribution in [0.4, 0.5) is 11.5 Å². The van der Waals surface area contributed by atoms with Crippen LogP contribution < -0.4 is 5.32 Å². The van der Waals surface area contributed by atoms with E-state index in [0.29, 0.717) is 24.7 Å². The van der Waals surface area contributed by atoms with Gasteiger partial charge in [-0.05, 0) is 6.92 Å². The van der Waals surface area contributed by atoms with Gasteiger partial charge in [0.1, 0.15) is 17.6 Å². The highest BCUT2D eigenvalue weighted by molar-refractivity contribution is 5.93. The van der Waals surface area contributed by atoms with Gasteiger partial charge in [-0.3, -0.25) is 10.1 Å². The molecule has 0 atom stereocenters. The SMILES string of the molecule is Cc1noc(CCNc2cc(C(=O)O)c([N+](=O)[O-])cn2)n1. The molecular formula is C11H11N5O5. The third kappa shape index (κ3) is 3.49. The molecule has 10 nitrogen and oxygen atoms in total. The van der Waals surface area contributed by atoms with Crippen LogP contribution in [0.15, 0.2) is 16.8 Å². The molecule has 0 aliphatic heterocycles. The van der Waals surface area contributed by atoms with Crippen molar-refractivity contribution in [1.29, 1.82) is 0 Å². The third-order valence-corrected chi connectivity index (χ3v) is 2.52. The van der Waals surface area contributed by atoms with Gasteiger partial charge in [-0.15, -0.1) is 0 Å². The van der Waals surface area contributed by atoms with E-state index in [2.05, 4.69) is 20.4 Å². The lowest BCUT2D eigenvalue weighted by Gasteiger charge is -2.05. The second kappa shape index (κ2) is 5.94. The fourth-order valence-electron chi connectivity index (χ4n) is 1.60. The summed E-state index contributed by atoms with van der Waals surface area (Å²) in [5.41, 5.74) is -0.980. The number of carboxylic acid groups (broad SMARTS) is 1. The number of nitrogens with one attached hydrogen (secondary N) is 1. The smallest absolute Gasteiger partial charge is 0.342 e. The minimum absolute atomic E-state index is 0.217. The lowest BCUT2D eigenvalue weighted by Crippen LogP contribution is -2.09. The second-order valence-corrected chi connectivity index (χ2v) is 4.06. The molecule has 0 aliphatic carbocycles. The third-order valence-electron chi connectivity index (χ3n) is 2.52. The average molecular weight is 293 g/mol. The van der Waals surface area contributed by atoms with Gasteiger partial charge in [-0.2, -0.15) is 4.98 Å². The Morgan fingerprint density at radius 3 is 2.90 bits per heavy atom. The first kappa shape index (κ1) is 14.4. The standard InChI is InChI=1S/C11H11N5O5/c1-6-14-10(21-15-6)2-3-12-9-4-7(11(17)18)8(5-13-9)16(19)20/h4-5H,2-3H2,1H3,(H,12,13)(H,17,18). The summed E-state index contributed by atoms with van der Waals surface area (Å²) >= 11 is 0. The summed E-state index contributed by atoms with van der Waals surface area (Å²) in [6, 6.07) is 1.11. The number of nitro groups is 1. The van der Waals surface area contributed by atoms with Crippen molar-refractivity contribution in [1.82, 2.24) is 15.1 Å². The molecule has 2 aromatic heterocycles. The number of anilines is 1. The Morgan fingerprint density at radius 2 is 2.33 bits per heavy atom. The maximum Gasteiger partial charge on any atom is 0.342 e. The molecule has 0 unspecified atom stereocenters. The highest BCUT2D eigenvalue weighted by Gasteiger charge is 2.20. The van der Waals surface area contributed by atoms with Crippen molar-refractivity contribution in [3.8, 4) is 0 Å². The van der Waals surface area contributed by atoms with E-state index in [0.717, 1.165) is 12.3 Å². The summed E-state index contributed by atoms with van der Waals surface area (Å²) in [5, 5.41) is 26.1. The Bertz CT molecular complexity index is 683. The van der Waals surface area contributed by atoms with Gasteiger partial charge in [0.15, 0.2) is 5.82 Å². The van der Waals surface area contributed by atoms with Gasteiger partial charge in [0.2, 0.25) is 5.89 Å². The lowest BCUT2D eigenvalue weighted by atomic mass is 10.2. The molecule has 110 valence electrons. The Labute approximate surface area is 118 Å². The normalized spacial score (nSPS) is 10.3. The van der Waals surface area contributed by atoms with Crippen molar-refractivity contribution in [2.45, 2.75) is 13.3 Å². The van der Waals surface area contributed by atoms with Gasteiger partial charge in [0.05, 0.1) is 4.92 Å². The van der Waals surface area contributed by atoms with E-state index in [-0.39, 0.29) is 5.82 Å². The van der Waals surface area contributed by atoms with Crippen molar-refractivity contribution in [3.63, 3.8) is 0 Å². The predicted molar refractivity (Wildman–Crippen MR) is 69.1 cm³/mol. The number of hydrogen-bond acceptors (Lipinski definition) is 8. The van der Waals surface area contributed by atoms with Gasteiger partial charge in [-0.1, -0.05) is 5.16 Å². The lowest BCUT2D eigenvalue weighted by molar-refractivity contribution is -0.385. The summed E-state index contributed by atoms with van der Waals surface area (Å²) in [5.74, 6) is -0.221. The van der Waals surface area contributed by atoms with Crippen LogP contribution in [0.5, 0.6) is 0 Å². The zero-order valence-corrected chi connectivity index (χ0v) is 10.9. The number of hydrogen-bond donors (Lipinski definition) is 2. The molecule has 2 rings (SSSR count). The van der Waals surface area contributed by atoms with E-state index in [1.54, 1.807) is 6.92 Å². The van der Waals surface area contributed by atoms with Crippen LogP contribution >= 0.6 is 0 Å². The van der Waals surface area contributed by atoms with Crippen LogP contribution in [0, 0.1) is 17.0 Å². The Hall–Kier alpha value is -3.04. The zero-order valence-electron chi connectivity index (χ0n) is 10.9. The molecule has 0 saturated heterocycles. The van der Waals surface area contributed by atoms with Gasteiger partial charge in [0, 0.05) is 19.0 Å². The van der Waals surface area contributed by atoms with Gasteiger partial charge in [0.25, 0.3) is 0 Å². The largest absolute Gasteiger partial charge is 0.477 e. The van der Waals surface area contributed by atoms with Crippen LogP contribution in [-0.2, 0) is 6.42 Å². The molecule has 0 aromatic carbocycles. The van der Waals surface area contributed by atoms with Crippen LogP contribution in [-0.4, -0.2) is 37.7 Å². The Balaban J connectivity index is 2.05. The van der Waals surface area contributed by atoms with E-state index in [4.69, 9.17) is 9.63 Å². The fourth-order valence-corrected chi connectivity index (χ4v) is 1.60. The minimum Gasteiger partial charge on any atom is -0.477 e. The number of rotatable bonds is 6. The molecule has 2 aromatic rings. The summed E-state index contributed by atoms with van der Waals surface area (Å²) < 4.78 is 4.91. The zero-order chi connectivity index (χ0) is 15.4. The van der Waals surface area contributed by atoms with Crippen molar-refractivity contribution >= 4 is 17.5 Å².